The molecule has 0 radical (unpaired) electrons. The Morgan fingerprint density at radius 1 is 0.950 bits per heavy atom. The van der Waals surface area contributed by atoms with Gasteiger partial charge in [0.05, 0.1) is 12.9 Å². The van der Waals surface area contributed by atoms with Crippen LogP contribution in [0.1, 0.15) is 34.1 Å². The summed E-state index contributed by atoms with van der Waals surface area (Å²) < 4.78 is 19.6. The Bertz CT molecular complexity index is 1480. The predicted molar refractivity (Wildman–Crippen MR) is 155 cm³/mol. The highest BCUT2D eigenvalue weighted by Crippen LogP contribution is 2.29. The zero-order chi connectivity index (χ0) is 28.6. The van der Waals surface area contributed by atoms with Gasteiger partial charge in [-0.05, 0) is 79.9 Å². The summed E-state index contributed by atoms with van der Waals surface area (Å²) in [7, 11) is 1.56. The van der Waals surface area contributed by atoms with Gasteiger partial charge in [0, 0.05) is 23.6 Å². The highest BCUT2D eigenvalue weighted by atomic mass is 32.2. The molecule has 0 aliphatic heterocycles. The first-order chi connectivity index (χ1) is 19.2. The molecule has 206 valence electrons. The molecule has 0 bridgehead atoms. The molecule has 3 aromatic carbocycles. The number of nitrogens with zero attached hydrogens (tertiary/aromatic N) is 3. The molecule has 0 fully saturated rings. The molecule has 4 aromatic rings. The van der Waals surface area contributed by atoms with Gasteiger partial charge in [-0.3, -0.25) is 9.59 Å². The van der Waals surface area contributed by atoms with Gasteiger partial charge in [0.15, 0.2) is 5.16 Å². The lowest BCUT2D eigenvalue weighted by molar-refractivity contribution is -0.137. The summed E-state index contributed by atoms with van der Waals surface area (Å²) in [5.74, 6) is -0.639. The van der Waals surface area contributed by atoms with E-state index in [-0.39, 0.29) is 18.2 Å². The molecule has 7 nitrogen and oxygen atoms in total. The van der Waals surface area contributed by atoms with Crippen LogP contribution in [0.15, 0.2) is 84.0 Å². The van der Waals surface area contributed by atoms with Crippen LogP contribution in [0.25, 0.3) is 0 Å². The zero-order valence-electron chi connectivity index (χ0n) is 22.8. The number of carbonyl (C=O) groups is 2. The van der Waals surface area contributed by atoms with Crippen molar-refractivity contribution in [2.24, 2.45) is 0 Å². The molecule has 1 aromatic heterocycles. The van der Waals surface area contributed by atoms with E-state index in [1.807, 2.05) is 51.1 Å². The number of nitrogens with one attached hydrogen (secondary N) is 1. The average molecular weight is 559 g/mol. The number of benzene rings is 3. The third-order valence-corrected chi connectivity index (χ3v) is 7.12. The normalized spacial score (nSPS) is 11.5. The lowest BCUT2D eigenvalue weighted by atomic mass is 10.0. The lowest BCUT2D eigenvalue weighted by Gasteiger charge is -2.32. The number of ether oxygens (including phenoxy) is 1. The smallest absolute Gasteiger partial charge is 0.251 e. The molecule has 0 saturated heterocycles. The lowest BCUT2D eigenvalue weighted by Crippen LogP contribution is -2.42. The minimum atomic E-state index is -1.11. The van der Waals surface area contributed by atoms with Crippen LogP contribution in [-0.2, 0) is 16.1 Å². The van der Waals surface area contributed by atoms with E-state index >= 15 is 0 Å². The van der Waals surface area contributed by atoms with E-state index in [0.29, 0.717) is 22.2 Å². The SMILES string of the molecule is COc1ccc(NC(=O)[C@@H](c2cccc(F)c2)N(Cc2ccccc2C)C(=O)CSc2nc(C)cc(C)n2)cc1. The number of amides is 2. The van der Waals surface area contributed by atoms with E-state index in [2.05, 4.69) is 15.3 Å². The number of aryl methyl sites for hydroxylation is 3. The van der Waals surface area contributed by atoms with Gasteiger partial charge >= 0.3 is 0 Å². The van der Waals surface area contributed by atoms with Crippen molar-refractivity contribution < 1.29 is 18.7 Å². The molecule has 40 heavy (non-hydrogen) atoms. The Labute approximate surface area is 237 Å². The molecular weight excluding hydrogens is 527 g/mol. The van der Waals surface area contributed by atoms with Gasteiger partial charge in [0.25, 0.3) is 5.91 Å². The van der Waals surface area contributed by atoms with Crippen LogP contribution in [0.3, 0.4) is 0 Å². The number of methoxy groups -OCH3 is 1. The van der Waals surface area contributed by atoms with E-state index in [0.717, 1.165) is 22.5 Å². The summed E-state index contributed by atoms with van der Waals surface area (Å²) in [6, 6.07) is 21.1. The van der Waals surface area contributed by atoms with Gasteiger partial charge in [-0.15, -0.1) is 0 Å². The molecular formula is C31H31FN4O3S. The van der Waals surface area contributed by atoms with Gasteiger partial charge < -0.3 is 15.0 Å². The van der Waals surface area contributed by atoms with Crippen molar-refractivity contribution in [3.63, 3.8) is 0 Å². The van der Waals surface area contributed by atoms with Crippen LogP contribution in [0, 0.1) is 26.6 Å². The predicted octanol–water partition coefficient (Wildman–Crippen LogP) is 6.05. The summed E-state index contributed by atoms with van der Waals surface area (Å²) >= 11 is 1.20. The zero-order valence-corrected chi connectivity index (χ0v) is 23.7. The molecule has 9 heteroatoms. The number of aromatic nitrogens is 2. The molecule has 1 heterocycles. The molecule has 0 spiro atoms. The second-order valence-corrected chi connectivity index (χ2v) is 10.3. The maximum Gasteiger partial charge on any atom is 0.251 e. The molecule has 2 amide bonds. The van der Waals surface area contributed by atoms with E-state index in [1.165, 1.54) is 34.9 Å². The number of hydrogen-bond acceptors (Lipinski definition) is 6. The Hall–Kier alpha value is -4.24. The number of carbonyl (C=O) groups excluding carboxylic acids is 2. The molecule has 1 N–H and O–H groups in total. The number of thioether (sulfide) groups is 1. The molecule has 4 rings (SSSR count). The van der Waals surface area contributed by atoms with Crippen LogP contribution in [0.5, 0.6) is 5.75 Å². The fourth-order valence-electron chi connectivity index (χ4n) is 4.30. The summed E-state index contributed by atoms with van der Waals surface area (Å²) in [5.41, 5.74) is 4.34. The molecule has 0 aliphatic rings. The summed E-state index contributed by atoms with van der Waals surface area (Å²) in [4.78, 5) is 38.1. The highest BCUT2D eigenvalue weighted by Gasteiger charge is 2.32. The average Bonchev–Trinajstić information content (AvgIpc) is 2.92. The van der Waals surface area contributed by atoms with Crippen LogP contribution < -0.4 is 10.1 Å². The Balaban J connectivity index is 1.71. The van der Waals surface area contributed by atoms with Crippen molar-refractivity contribution in [3.05, 3.63) is 113 Å². The number of hydrogen-bond donors (Lipinski definition) is 1. The molecule has 1 atom stereocenters. The number of anilines is 1. The Kier molecular flexibility index (Phi) is 9.50. The second-order valence-electron chi connectivity index (χ2n) is 9.35. The number of rotatable bonds is 10. The van der Waals surface area contributed by atoms with E-state index < -0.39 is 17.8 Å². The Morgan fingerprint density at radius 3 is 2.30 bits per heavy atom. The largest absolute Gasteiger partial charge is 0.497 e. The first-order valence-corrected chi connectivity index (χ1v) is 13.7. The third-order valence-electron chi connectivity index (χ3n) is 6.29. The van der Waals surface area contributed by atoms with Gasteiger partial charge in [-0.1, -0.05) is 48.2 Å². The van der Waals surface area contributed by atoms with Gasteiger partial charge in [0.2, 0.25) is 5.91 Å². The van der Waals surface area contributed by atoms with E-state index in [1.54, 1.807) is 37.4 Å². The van der Waals surface area contributed by atoms with E-state index in [4.69, 9.17) is 4.74 Å². The topological polar surface area (TPSA) is 84.4 Å². The summed E-state index contributed by atoms with van der Waals surface area (Å²) in [6.45, 7) is 5.84. The first kappa shape index (κ1) is 28.8. The minimum absolute atomic E-state index is 0.00357. The minimum Gasteiger partial charge on any atom is -0.497 e. The van der Waals surface area contributed by atoms with Crippen molar-refractivity contribution in [1.29, 1.82) is 0 Å². The maximum atomic E-state index is 14.4. The van der Waals surface area contributed by atoms with Gasteiger partial charge in [-0.2, -0.15) is 0 Å². The van der Waals surface area contributed by atoms with Crippen molar-refractivity contribution in [1.82, 2.24) is 14.9 Å². The third kappa shape index (κ3) is 7.45. The van der Waals surface area contributed by atoms with Crippen LogP contribution in [0.2, 0.25) is 0 Å². The van der Waals surface area contributed by atoms with Crippen LogP contribution in [0.4, 0.5) is 10.1 Å². The summed E-state index contributed by atoms with van der Waals surface area (Å²) in [5, 5.41) is 3.37. The second kappa shape index (κ2) is 13.2. The summed E-state index contributed by atoms with van der Waals surface area (Å²) in [6.07, 6.45) is 0. The van der Waals surface area contributed by atoms with Crippen LogP contribution >= 0.6 is 11.8 Å². The van der Waals surface area contributed by atoms with Crippen molar-refractivity contribution in [2.45, 2.75) is 38.5 Å². The van der Waals surface area contributed by atoms with Gasteiger partial charge in [-0.25, -0.2) is 14.4 Å². The Morgan fingerprint density at radius 2 is 1.65 bits per heavy atom. The van der Waals surface area contributed by atoms with E-state index in [9.17, 15) is 14.0 Å². The van der Waals surface area contributed by atoms with Crippen molar-refractivity contribution in [2.75, 3.05) is 18.2 Å². The standard InChI is InChI=1S/C31H31FN4O3S/c1-20-8-5-6-9-24(20)18-36(28(37)19-40-31-33-21(2)16-22(3)34-31)29(23-10-7-11-25(32)17-23)30(38)35-26-12-14-27(39-4)15-13-26/h5-17,29H,18-19H2,1-4H3,(H,35,38)/t29-/m1/s1. The quantitative estimate of drug-likeness (QED) is 0.188. The fourth-order valence-corrected chi connectivity index (χ4v) is 5.13. The molecule has 0 aliphatic carbocycles. The van der Waals surface area contributed by atoms with Gasteiger partial charge in [0.1, 0.15) is 17.6 Å². The fraction of sp³-hybridized carbons (Fsp3) is 0.226. The molecule has 0 saturated carbocycles. The van der Waals surface area contributed by atoms with Crippen LogP contribution in [-0.4, -0.2) is 39.5 Å². The van der Waals surface area contributed by atoms with Crippen molar-refractivity contribution in [3.8, 4) is 5.75 Å². The monoisotopic (exact) mass is 558 g/mol. The highest BCUT2D eigenvalue weighted by molar-refractivity contribution is 7.99. The molecule has 0 unspecified atom stereocenters. The van der Waals surface area contributed by atoms with Crippen molar-refractivity contribution >= 4 is 29.3 Å². The first-order valence-electron chi connectivity index (χ1n) is 12.7. The maximum absolute atomic E-state index is 14.4. The number of halogens is 1.